The van der Waals surface area contributed by atoms with Crippen LogP contribution in [0.4, 0.5) is 0 Å². The third-order valence-corrected chi connectivity index (χ3v) is 1.44. The molecule has 1 aliphatic rings. The van der Waals surface area contributed by atoms with Crippen LogP contribution in [0.25, 0.3) is 0 Å². The molecule has 0 fully saturated rings. The Morgan fingerprint density at radius 1 is 1.25 bits per heavy atom. The lowest BCUT2D eigenvalue weighted by Crippen LogP contribution is -2.37. The number of carboxylic acid groups (broad SMARTS) is 1. The van der Waals surface area contributed by atoms with Gasteiger partial charge in [-0.15, -0.1) is 0 Å². The summed E-state index contributed by atoms with van der Waals surface area (Å²) in [4.78, 5) is 42.4. The van der Waals surface area contributed by atoms with Crippen molar-refractivity contribution in [3.8, 4) is 0 Å². The average Bonchev–Trinajstić information content (AvgIpc) is 1.97. The van der Waals surface area contributed by atoms with E-state index in [4.69, 9.17) is 5.11 Å². The predicted octanol–water partition coefficient (Wildman–Crippen LogP) is -1.04. The Morgan fingerprint density at radius 2 is 1.83 bits per heavy atom. The maximum absolute atomic E-state index is 10.8. The summed E-state index contributed by atoms with van der Waals surface area (Å²) in [5.41, 5.74) is 0. The van der Waals surface area contributed by atoms with E-state index in [-0.39, 0.29) is 0 Å². The SMILES string of the molecule is O=C1C=CC(=O)C(C(=O)O)C1=O. The Morgan fingerprint density at radius 3 is 2.25 bits per heavy atom. The van der Waals surface area contributed by atoms with Gasteiger partial charge in [-0.1, -0.05) is 0 Å². The van der Waals surface area contributed by atoms with E-state index in [0.29, 0.717) is 0 Å². The molecule has 1 rings (SSSR count). The molecule has 1 unspecified atom stereocenters. The summed E-state index contributed by atoms with van der Waals surface area (Å²) >= 11 is 0. The lowest BCUT2D eigenvalue weighted by Gasteiger charge is -2.08. The van der Waals surface area contributed by atoms with Gasteiger partial charge in [0.15, 0.2) is 11.7 Å². The monoisotopic (exact) mass is 168 g/mol. The lowest BCUT2D eigenvalue weighted by atomic mass is 9.91. The summed E-state index contributed by atoms with van der Waals surface area (Å²) in [7, 11) is 0. The molecule has 0 bridgehead atoms. The van der Waals surface area contributed by atoms with Crippen LogP contribution in [0.15, 0.2) is 12.2 Å². The van der Waals surface area contributed by atoms with Crippen molar-refractivity contribution in [2.24, 2.45) is 5.92 Å². The average molecular weight is 168 g/mol. The zero-order chi connectivity index (χ0) is 9.30. The van der Waals surface area contributed by atoms with Crippen LogP contribution in [0, 0.1) is 5.92 Å². The second-order valence-electron chi connectivity index (χ2n) is 2.24. The van der Waals surface area contributed by atoms with Gasteiger partial charge in [0.2, 0.25) is 11.6 Å². The molecular weight excluding hydrogens is 164 g/mol. The molecule has 5 nitrogen and oxygen atoms in total. The molecule has 0 saturated heterocycles. The maximum Gasteiger partial charge on any atom is 0.322 e. The highest BCUT2D eigenvalue weighted by Gasteiger charge is 2.38. The minimum atomic E-state index is -1.83. The topological polar surface area (TPSA) is 88.5 Å². The van der Waals surface area contributed by atoms with Gasteiger partial charge < -0.3 is 5.11 Å². The molecule has 0 aromatic heterocycles. The first kappa shape index (κ1) is 8.32. The first-order chi connectivity index (χ1) is 5.54. The zero-order valence-corrected chi connectivity index (χ0v) is 5.81. The van der Waals surface area contributed by atoms with Crippen molar-refractivity contribution in [2.75, 3.05) is 0 Å². The molecule has 0 aromatic rings. The number of carbonyl (C=O) groups is 4. The van der Waals surface area contributed by atoms with E-state index >= 15 is 0 Å². The number of allylic oxidation sites excluding steroid dienone is 2. The summed E-state index contributed by atoms with van der Waals surface area (Å²) in [6.45, 7) is 0. The summed E-state index contributed by atoms with van der Waals surface area (Å²) in [6, 6.07) is 0. The number of hydrogen-bond acceptors (Lipinski definition) is 4. The highest BCUT2D eigenvalue weighted by atomic mass is 16.4. The van der Waals surface area contributed by atoms with Crippen molar-refractivity contribution in [1.29, 1.82) is 0 Å². The lowest BCUT2D eigenvalue weighted by molar-refractivity contribution is -0.152. The molecule has 62 valence electrons. The molecule has 5 heteroatoms. The van der Waals surface area contributed by atoms with Crippen molar-refractivity contribution in [1.82, 2.24) is 0 Å². The molecule has 0 saturated carbocycles. The molecule has 1 aliphatic carbocycles. The molecular formula is C7H4O5. The van der Waals surface area contributed by atoms with Gasteiger partial charge in [0.25, 0.3) is 0 Å². The summed E-state index contributed by atoms with van der Waals surface area (Å²) in [6.07, 6.45) is 1.59. The van der Waals surface area contributed by atoms with E-state index in [2.05, 4.69) is 0 Å². The molecule has 12 heavy (non-hydrogen) atoms. The Labute approximate surface area is 66.7 Å². The standard InChI is InChI=1S/C7H4O5/c8-3-1-2-4(9)6(10)5(3)7(11)12/h1-2,5H,(H,11,12). The van der Waals surface area contributed by atoms with E-state index in [1.165, 1.54) is 0 Å². The molecule has 1 atom stereocenters. The van der Waals surface area contributed by atoms with Gasteiger partial charge in [-0.2, -0.15) is 0 Å². The van der Waals surface area contributed by atoms with Crippen LogP contribution in [0.5, 0.6) is 0 Å². The summed E-state index contributed by atoms with van der Waals surface area (Å²) < 4.78 is 0. The van der Waals surface area contributed by atoms with Gasteiger partial charge in [0.1, 0.15) is 0 Å². The van der Waals surface area contributed by atoms with Gasteiger partial charge >= 0.3 is 5.97 Å². The Kier molecular flexibility index (Phi) is 1.86. The first-order valence-corrected chi connectivity index (χ1v) is 3.07. The second kappa shape index (κ2) is 2.69. The summed E-state index contributed by atoms with van der Waals surface area (Å²) in [5.74, 6) is -6.38. The normalized spacial score (nSPS) is 23.0. The van der Waals surface area contributed by atoms with Crippen molar-refractivity contribution >= 4 is 23.3 Å². The van der Waals surface area contributed by atoms with Crippen molar-refractivity contribution in [3.63, 3.8) is 0 Å². The molecule has 0 radical (unpaired) electrons. The minimum absolute atomic E-state index is 0.782. The fraction of sp³-hybridized carbons (Fsp3) is 0.143. The van der Waals surface area contributed by atoms with Crippen LogP contribution >= 0.6 is 0 Å². The van der Waals surface area contributed by atoms with Crippen LogP contribution in [0.1, 0.15) is 0 Å². The molecule has 0 amide bonds. The van der Waals surface area contributed by atoms with Crippen molar-refractivity contribution < 1.29 is 24.3 Å². The molecule has 1 N–H and O–H groups in total. The van der Waals surface area contributed by atoms with Gasteiger partial charge in [0.05, 0.1) is 0 Å². The fourth-order valence-corrected chi connectivity index (χ4v) is 0.841. The quantitative estimate of drug-likeness (QED) is 0.399. The van der Waals surface area contributed by atoms with E-state index in [1.807, 2.05) is 0 Å². The summed E-state index contributed by atoms with van der Waals surface area (Å²) in [5, 5.41) is 8.37. The number of Topliss-reactive ketones (excluding diaryl/α,β-unsaturated/α-hetero) is 1. The van der Waals surface area contributed by atoms with Crippen molar-refractivity contribution in [3.05, 3.63) is 12.2 Å². The predicted molar refractivity (Wildman–Crippen MR) is 35.3 cm³/mol. The van der Waals surface area contributed by atoms with Gasteiger partial charge in [0, 0.05) is 0 Å². The first-order valence-electron chi connectivity index (χ1n) is 3.07. The minimum Gasteiger partial charge on any atom is -0.480 e. The number of ketones is 3. The van der Waals surface area contributed by atoms with E-state index in [1.54, 1.807) is 0 Å². The fourth-order valence-electron chi connectivity index (χ4n) is 0.841. The Balaban J connectivity index is 3.09. The largest absolute Gasteiger partial charge is 0.480 e. The number of carbonyl (C=O) groups excluding carboxylic acids is 3. The van der Waals surface area contributed by atoms with Crippen LogP contribution < -0.4 is 0 Å². The Hall–Kier alpha value is -1.78. The zero-order valence-electron chi connectivity index (χ0n) is 5.81. The third kappa shape index (κ3) is 1.16. The van der Waals surface area contributed by atoms with Gasteiger partial charge in [-0.05, 0) is 12.2 Å². The smallest absolute Gasteiger partial charge is 0.322 e. The van der Waals surface area contributed by atoms with Crippen LogP contribution in [-0.2, 0) is 19.2 Å². The number of hydrogen-bond donors (Lipinski definition) is 1. The third-order valence-electron chi connectivity index (χ3n) is 1.44. The van der Waals surface area contributed by atoms with Crippen LogP contribution in [0.2, 0.25) is 0 Å². The van der Waals surface area contributed by atoms with Crippen LogP contribution in [0.3, 0.4) is 0 Å². The second-order valence-corrected chi connectivity index (χ2v) is 2.24. The number of rotatable bonds is 1. The van der Waals surface area contributed by atoms with Gasteiger partial charge in [-0.3, -0.25) is 19.2 Å². The van der Waals surface area contributed by atoms with Crippen molar-refractivity contribution in [2.45, 2.75) is 0 Å². The number of aliphatic carboxylic acids is 1. The van der Waals surface area contributed by atoms with Crippen LogP contribution in [-0.4, -0.2) is 28.4 Å². The molecule has 0 aromatic carbocycles. The maximum atomic E-state index is 10.8. The van der Waals surface area contributed by atoms with E-state index in [9.17, 15) is 19.2 Å². The van der Waals surface area contributed by atoms with E-state index in [0.717, 1.165) is 12.2 Å². The molecule has 0 aliphatic heterocycles. The Bertz CT molecular complexity index is 312. The van der Waals surface area contributed by atoms with Gasteiger partial charge in [-0.25, -0.2) is 0 Å². The highest BCUT2D eigenvalue weighted by molar-refractivity contribution is 6.52. The van der Waals surface area contributed by atoms with E-state index < -0.39 is 29.2 Å². The molecule has 0 spiro atoms. The highest BCUT2D eigenvalue weighted by Crippen LogP contribution is 2.08. The number of carboxylic acids is 1. The molecule has 0 heterocycles.